The first kappa shape index (κ1) is 18.2. The Labute approximate surface area is 161 Å². The molecule has 2 aromatic carbocycles. The van der Waals surface area contributed by atoms with Crippen LogP contribution < -0.4 is 4.90 Å². The molecule has 1 fully saturated rings. The Bertz CT molecular complexity index is 976. The average molecular weight is 382 g/mol. The molecule has 0 unspecified atom stereocenters. The first-order chi connectivity index (χ1) is 13.5. The highest BCUT2D eigenvalue weighted by Crippen LogP contribution is 2.45. The van der Waals surface area contributed by atoms with E-state index in [1.54, 1.807) is 43.3 Å². The Morgan fingerprint density at radius 3 is 2.61 bits per heavy atom. The monoisotopic (exact) mass is 382 g/mol. The third kappa shape index (κ3) is 2.50. The Morgan fingerprint density at radius 1 is 1.14 bits per heavy atom. The van der Waals surface area contributed by atoms with E-state index in [0.717, 1.165) is 0 Å². The molecule has 0 spiro atoms. The molecule has 2 aliphatic rings. The van der Waals surface area contributed by atoms with Crippen LogP contribution in [0.15, 0.2) is 48.5 Å². The minimum absolute atomic E-state index is 0.118. The van der Waals surface area contributed by atoms with Gasteiger partial charge in [-0.05, 0) is 25.1 Å². The van der Waals surface area contributed by atoms with E-state index < -0.39 is 17.4 Å². The van der Waals surface area contributed by atoms with E-state index in [1.165, 1.54) is 21.9 Å². The molecule has 0 aromatic heterocycles. The van der Waals surface area contributed by atoms with Gasteiger partial charge in [-0.15, -0.1) is 0 Å². The van der Waals surface area contributed by atoms with Gasteiger partial charge in [0.25, 0.3) is 5.91 Å². The van der Waals surface area contributed by atoms with Gasteiger partial charge in [-0.2, -0.15) is 0 Å². The number of rotatable bonds is 4. The normalized spacial score (nSPS) is 20.8. The molecule has 0 aliphatic carbocycles. The number of amides is 2. The van der Waals surface area contributed by atoms with Gasteiger partial charge >= 0.3 is 5.97 Å². The van der Waals surface area contributed by atoms with E-state index in [0.29, 0.717) is 11.3 Å². The summed E-state index contributed by atoms with van der Waals surface area (Å²) in [5.41, 5.74) is -0.531. The highest BCUT2D eigenvalue weighted by atomic mass is 19.1. The van der Waals surface area contributed by atoms with E-state index in [1.807, 2.05) is 0 Å². The number of hydrogen-bond donors (Lipinski definition) is 0. The van der Waals surface area contributed by atoms with Crippen LogP contribution in [0, 0.1) is 5.82 Å². The molecule has 1 atom stereocenters. The summed E-state index contributed by atoms with van der Waals surface area (Å²) in [6.07, 6.45) is 0.253. The zero-order chi connectivity index (χ0) is 19.9. The first-order valence-electron chi connectivity index (χ1n) is 9.15. The fourth-order valence-electron chi connectivity index (χ4n) is 4.05. The number of esters is 1. The van der Waals surface area contributed by atoms with E-state index >= 15 is 0 Å². The number of fused-ring (bicyclic) bond motifs is 3. The molecule has 7 heteroatoms. The zero-order valence-corrected chi connectivity index (χ0v) is 15.4. The van der Waals surface area contributed by atoms with E-state index in [-0.39, 0.29) is 43.4 Å². The van der Waals surface area contributed by atoms with Crippen LogP contribution in [0.2, 0.25) is 0 Å². The molecule has 6 nitrogen and oxygen atoms in total. The molecule has 2 amide bonds. The molecule has 28 heavy (non-hydrogen) atoms. The van der Waals surface area contributed by atoms with Crippen molar-refractivity contribution in [3.05, 3.63) is 65.5 Å². The smallest absolute Gasteiger partial charge is 0.354 e. The quantitative estimate of drug-likeness (QED) is 0.763. The van der Waals surface area contributed by atoms with Crippen LogP contribution in [0.1, 0.15) is 35.7 Å². The Kier molecular flexibility index (Phi) is 4.37. The number of carbonyl (C=O) groups excluding carboxylic acids is 3. The largest absolute Gasteiger partial charge is 0.458 e. The van der Waals surface area contributed by atoms with Crippen molar-refractivity contribution in [2.75, 3.05) is 11.4 Å². The molecule has 1 saturated heterocycles. The Morgan fingerprint density at radius 2 is 1.86 bits per heavy atom. The Hall–Kier alpha value is -3.22. The van der Waals surface area contributed by atoms with Crippen LogP contribution >= 0.6 is 0 Å². The number of anilines is 1. The summed E-state index contributed by atoms with van der Waals surface area (Å²) >= 11 is 0. The standard InChI is InChI=1S/C21H19FN2O4/c1-2-23-19(26)15-8-4-6-10-17(15)24-18(25)11-12-21(23,24)20(27)28-13-14-7-3-5-9-16(14)22/h3-10H,2,11-13H2,1H3/t21-/m0/s1. The van der Waals surface area contributed by atoms with Gasteiger partial charge in [0, 0.05) is 24.9 Å². The van der Waals surface area contributed by atoms with Crippen LogP contribution in [-0.4, -0.2) is 34.9 Å². The number of benzene rings is 2. The second-order valence-corrected chi connectivity index (χ2v) is 6.78. The molecule has 2 heterocycles. The number of nitrogens with zero attached hydrogens (tertiary/aromatic N) is 2. The van der Waals surface area contributed by atoms with Gasteiger partial charge in [-0.25, -0.2) is 9.18 Å². The van der Waals surface area contributed by atoms with Crippen molar-refractivity contribution in [2.45, 2.75) is 32.0 Å². The summed E-state index contributed by atoms with van der Waals surface area (Å²) in [6, 6.07) is 12.7. The SMILES string of the molecule is CCN1C(=O)c2ccccc2N2C(=O)CC[C@]12C(=O)OCc1ccccc1F. The van der Waals surface area contributed by atoms with Crippen molar-refractivity contribution in [3.63, 3.8) is 0 Å². The third-order valence-corrected chi connectivity index (χ3v) is 5.33. The highest BCUT2D eigenvalue weighted by Gasteiger charge is 2.61. The molecule has 0 saturated carbocycles. The number of carbonyl (C=O) groups is 3. The van der Waals surface area contributed by atoms with Gasteiger partial charge in [0.15, 0.2) is 0 Å². The second kappa shape index (κ2) is 6.74. The molecule has 4 rings (SSSR count). The lowest BCUT2D eigenvalue weighted by molar-refractivity contribution is -0.158. The maximum Gasteiger partial charge on any atom is 0.354 e. The lowest BCUT2D eigenvalue weighted by atomic mass is 9.96. The summed E-state index contributed by atoms with van der Waals surface area (Å²) in [7, 11) is 0. The molecular weight excluding hydrogens is 363 g/mol. The maximum absolute atomic E-state index is 13.9. The van der Waals surface area contributed by atoms with Crippen molar-refractivity contribution < 1.29 is 23.5 Å². The van der Waals surface area contributed by atoms with Crippen molar-refractivity contribution in [2.24, 2.45) is 0 Å². The fourth-order valence-corrected chi connectivity index (χ4v) is 4.05. The average Bonchev–Trinajstić information content (AvgIpc) is 3.06. The summed E-state index contributed by atoms with van der Waals surface area (Å²) in [4.78, 5) is 41.7. The molecule has 2 aliphatic heterocycles. The van der Waals surface area contributed by atoms with Crippen molar-refractivity contribution in [1.82, 2.24) is 4.90 Å². The molecular formula is C21H19FN2O4. The van der Waals surface area contributed by atoms with Crippen LogP contribution in [0.4, 0.5) is 10.1 Å². The fraction of sp³-hybridized carbons (Fsp3) is 0.286. The van der Waals surface area contributed by atoms with Crippen LogP contribution in [0.25, 0.3) is 0 Å². The summed E-state index contributed by atoms with van der Waals surface area (Å²) < 4.78 is 19.3. The van der Waals surface area contributed by atoms with Gasteiger partial charge in [0.1, 0.15) is 12.4 Å². The second-order valence-electron chi connectivity index (χ2n) is 6.78. The van der Waals surface area contributed by atoms with Crippen LogP contribution in [0.5, 0.6) is 0 Å². The summed E-state index contributed by atoms with van der Waals surface area (Å²) in [5, 5.41) is 0. The van der Waals surface area contributed by atoms with Gasteiger partial charge in [0.05, 0.1) is 11.3 Å². The number of para-hydroxylation sites is 1. The number of halogens is 1. The molecule has 144 valence electrons. The minimum atomic E-state index is -1.54. The predicted molar refractivity (Wildman–Crippen MR) is 98.8 cm³/mol. The van der Waals surface area contributed by atoms with Crippen LogP contribution in [-0.2, 0) is 20.9 Å². The predicted octanol–water partition coefficient (Wildman–Crippen LogP) is 2.87. The molecule has 0 bridgehead atoms. The Balaban J connectivity index is 1.74. The first-order valence-corrected chi connectivity index (χ1v) is 9.15. The topological polar surface area (TPSA) is 66.9 Å². The van der Waals surface area contributed by atoms with E-state index in [4.69, 9.17) is 4.74 Å². The van der Waals surface area contributed by atoms with Gasteiger partial charge in [-0.1, -0.05) is 30.3 Å². The van der Waals surface area contributed by atoms with Crippen molar-refractivity contribution >= 4 is 23.5 Å². The van der Waals surface area contributed by atoms with Gasteiger partial charge < -0.3 is 9.64 Å². The minimum Gasteiger partial charge on any atom is -0.458 e. The lowest BCUT2D eigenvalue weighted by Gasteiger charge is -2.48. The molecule has 0 N–H and O–H groups in total. The maximum atomic E-state index is 13.9. The summed E-state index contributed by atoms with van der Waals surface area (Å²) in [6.45, 7) is 1.70. The van der Waals surface area contributed by atoms with E-state index in [9.17, 15) is 18.8 Å². The van der Waals surface area contributed by atoms with E-state index in [2.05, 4.69) is 0 Å². The van der Waals surface area contributed by atoms with Crippen molar-refractivity contribution in [3.8, 4) is 0 Å². The number of hydrogen-bond acceptors (Lipinski definition) is 4. The highest BCUT2D eigenvalue weighted by molar-refractivity contribution is 6.15. The summed E-state index contributed by atoms with van der Waals surface area (Å²) in [5.74, 6) is -1.79. The molecule has 2 aromatic rings. The number of likely N-dealkylation sites (N-methyl/N-ethyl adjacent to an activating group) is 1. The third-order valence-electron chi connectivity index (χ3n) is 5.33. The van der Waals surface area contributed by atoms with Crippen LogP contribution in [0.3, 0.4) is 0 Å². The lowest BCUT2D eigenvalue weighted by Crippen LogP contribution is -2.68. The molecule has 0 radical (unpaired) electrons. The van der Waals surface area contributed by atoms with Gasteiger partial charge in [-0.3, -0.25) is 14.5 Å². The number of ether oxygens (including phenoxy) is 1. The van der Waals surface area contributed by atoms with Crippen molar-refractivity contribution in [1.29, 1.82) is 0 Å². The zero-order valence-electron chi connectivity index (χ0n) is 15.4. The van der Waals surface area contributed by atoms with Gasteiger partial charge in [0.2, 0.25) is 11.6 Å².